The number of hydrogen-bond donors (Lipinski definition) is 1. The molecular weight excluding hydrogens is 429 g/mol. The summed E-state index contributed by atoms with van der Waals surface area (Å²) in [6, 6.07) is 11.6. The zero-order chi connectivity index (χ0) is 14.8. The minimum Gasteiger partial charge on any atom is -0.278 e. The fourth-order valence-corrected chi connectivity index (χ4v) is 3.56. The van der Waals surface area contributed by atoms with E-state index in [1.54, 1.807) is 42.5 Å². The van der Waals surface area contributed by atoms with E-state index in [4.69, 9.17) is 11.6 Å². The molecular formula is C13H10Br2ClNO2S. The Kier molecular flexibility index (Phi) is 5.12. The molecule has 0 saturated heterocycles. The highest BCUT2D eigenvalue weighted by Gasteiger charge is 2.15. The Morgan fingerprint density at radius 2 is 1.75 bits per heavy atom. The van der Waals surface area contributed by atoms with Crippen molar-refractivity contribution >= 4 is 59.2 Å². The topological polar surface area (TPSA) is 46.2 Å². The first-order valence-corrected chi connectivity index (χ1v) is 9.33. The molecule has 0 atom stereocenters. The highest BCUT2D eigenvalue weighted by atomic mass is 79.9. The minimum atomic E-state index is -3.65. The van der Waals surface area contributed by atoms with Gasteiger partial charge in [-0.1, -0.05) is 55.6 Å². The molecule has 0 saturated carbocycles. The van der Waals surface area contributed by atoms with Crippen LogP contribution in [0.1, 0.15) is 5.56 Å². The van der Waals surface area contributed by atoms with E-state index in [2.05, 4.69) is 36.6 Å². The average molecular weight is 440 g/mol. The molecule has 0 spiro atoms. The summed E-state index contributed by atoms with van der Waals surface area (Å²) < 4.78 is 27.8. The lowest BCUT2D eigenvalue weighted by Gasteiger charge is -2.10. The summed E-state index contributed by atoms with van der Waals surface area (Å²) in [4.78, 5) is 0.193. The highest BCUT2D eigenvalue weighted by Crippen LogP contribution is 2.28. The Labute approximate surface area is 139 Å². The molecule has 0 aromatic heterocycles. The lowest BCUT2D eigenvalue weighted by molar-refractivity contribution is 0.601. The highest BCUT2D eigenvalue weighted by molar-refractivity contribution is 9.10. The van der Waals surface area contributed by atoms with Gasteiger partial charge in [-0.25, -0.2) is 8.42 Å². The third-order valence-electron chi connectivity index (χ3n) is 2.56. The number of rotatable bonds is 4. The van der Waals surface area contributed by atoms with Crippen LogP contribution in [0.5, 0.6) is 0 Å². The molecule has 0 radical (unpaired) electrons. The van der Waals surface area contributed by atoms with Crippen LogP contribution in [0.4, 0.5) is 5.69 Å². The van der Waals surface area contributed by atoms with Crippen molar-refractivity contribution in [1.29, 1.82) is 0 Å². The summed E-state index contributed by atoms with van der Waals surface area (Å²) in [5, 5.41) is 1.02. The van der Waals surface area contributed by atoms with E-state index in [0.717, 1.165) is 10.0 Å². The minimum absolute atomic E-state index is 0.193. The molecule has 1 N–H and O–H groups in total. The maximum atomic E-state index is 12.3. The summed E-state index contributed by atoms with van der Waals surface area (Å²) in [7, 11) is -3.65. The van der Waals surface area contributed by atoms with Crippen LogP contribution in [0.15, 0.2) is 51.8 Å². The van der Waals surface area contributed by atoms with E-state index >= 15 is 0 Å². The number of sulfonamides is 1. The molecule has 106 valence electrons. The Morgan fingerprint density at radius 1 is 1.10 bits per heavy atom. The quantitative estimate of drug-likeness (QED) is 0.696. The standard InChI is InChI=1S/C13H10Br2ClNO2S/c14-8-9-1-4-11(5-2-9)20(18,19)17-13-7-10(15)3-6-12(13)16/h1-7,17H,8H2. The van der Waals surface area contributed by atoms with Gasteiger partial charge in [-0.3, -0.25) is 4.72 Å². The fourth-order valence-electron chi connectivity index (χ4n) is 1.54. The predicted octanol–water partition coefficient (Wildman–Crippen LogP) is 4.80. The second-order valence-electron chi connectivity index (χ2n) is 4.01. The van der Waals surface area contributed by atoms with Gasteiger partial charge in [0.2, 0.25) is 0 Å². The predicted molar refractivity (Wildman–Crippen MR) is 89.0 cm³/mol. The molecule has 0 heterocycles. The number of halogens is 3. The van der Waals surface area contributed by atoms with Gasteiger partial charge in [0.15, 0.2) is 0 Å². The summed E-state index contributed by atoms with van der Waals surface area (Å²) >= 11 is 12.6. The summed E-state index contributed by atoms with van der Waals surface area (Å²) in [6.07, 6.45) is 0. The number of anilines is 1. The number of benzene rings is 2. The van der Waals surface area contributed by atoms with Crippen molar-refractivity contribution in [3.05, 3.63) is 57.5 Å². The SMILES string of the molecule is O=S(=O)(Nc1cc(Br)ccc1Cl)c1ccc(CBr)cc1. The van der Waals surface area contributed by atoms with E-state index in [0.29, 0.717) is 16.0 Å². The van der Waals surface area contributed by atoms with E-state index in [1.165, 1.54) is 0 Å². The van der Waals surface area contributed by atoms with Crippen molar-refractivity contribution in [2.75, 3.05) is 4.72 Å². The van der Waals surface area contributed by atoms with Gasteiger partial charge in [0.25, 0.3) is 10.0 Å². The number of alkyl halides is 1. The van der Waals surface area contributed by atoms with E-state index in [1.807, 2.05) is 0 Å². The van der Waals surface area contributed by atoms with E-state index in [9.17, 15) is 8.42 Å². The Hall–Kier alpha value is -0.560. The molecule has 3 nitrogen and oxygen atoms in total. The van der Waals surface area contributed by atoms with E-state index < -0.39 is 10.0 Å². The van der Waals surface area contributed by atoms with Crippen molar-refractivity contribution in [1.82, 2.24) is 0 Å². The van der Waals surface area contributed by atoms with Crippen LogP contribution in [0.25, 0.3) is 0 Å². The van der Waals surface area contributed by atoms with Crippen LogP contribution in [0.3, 0.4) is 0 Å². The van der Waals surface area contributed by atoms with Gasteiger partial charge in [0.05, 0.1) is 15.6 Å². The van der Waals surface area contributed by atoms with Crippen LogP contribution < -0.4 is 4.72 Å². The van der Waals surface area contributed by atoms with Crippen molar-refractivity contribution in [3.63, 3.8) is 0 Å². The normalized spacial score (nSPS) is 11.3. The van der Waals surface area contributed by atoms with Gasteiger partial charge in [0.1, 0.15) is 0 Å². The van der Waals surface area contributed by atoms with Crippen LogP contribution in [-0.4, -0.2) is 8.42 Å². The summed E-state index contributed by atoms with van der Waals surface area (Å²) in [6.45, 7) is 0. The Bertz CT molecular complexity index is 718. The molecule has 2 rings (SSSR count). The monoisotopic (exact) mass is 437 g/mol. The molecule has 0 unspecified atom stereocenters. The van der Waals surface area contributed by atoms with E-state index in [-0.39, 0.29) is 4.90 Å². The van der Waals surface area contributed by atoms with Gasteiger partial charge < -0.3 is 0 Å². The van der Waals surface area contributed by atoms with Crippen LogP contribution in [-0.2, 0) is 15.4 Å². The van der Waals surface area contributed by atoms with Crippen molar-refractivity contribution in [3.8, 4) is 0 Å². The van der Waals surface area contributed by atoms with Gasteiger partial charge in [-0.2, -0.15) is 0 Å². The molecule has 2 aromatic rings. The molecule has 0 bridgehead atoms. The Balaban J connectivity index is 2.32. The first kappa shape index (κ1) is 15.8. The molecule has 0 aliphatic rings. The fraction of sp³-hybridized carbons (Fsp3) is 0.0769. The molecule has 2 aromatic carbocycles. The first-order chi connectivity index (χ1) is 9.42. The molecule has 20 heavy (non-hydrogen) atoms. The third-order valence-corrected chi connectivity index (χ3v) is 5.41. The first-order valence-electron chi connectivity index (χ1n) is 5.55. The van der Waals surface area contributed by atoms with Crippen LogP contribution >= 0.6 is 43.5 Å². The van der Waals surface area contributed by atoms with Gasteiger partial charge >= 0.3 is 0 Å². The van der Waals surface area contributed by atoms with Gasteiger partial charge in [-0.05, 0) is 35.9 Å². The van der Waals surface area contributed by atoms with Crippen molar-refractivity contribution in [2.24, 2.45) is 0 Å². The van der Waals surface area contributed by atoms with Gasteiger partial charge in [0, 0.05) is 9.80 Å². The lowest BCUT2D eigenvalue weighted by Crippen LogP contribution is -2.13. The van der Waals surface area contributed by atoms with Crippen LogP contribution in [0.2, 0.25) is 5.02 Å². The zero-order valence-corrected chi connectivity index (χ0v) is 14.9. The largest absolute Gasteiger partial charge is 0.278 e. The third kappa shape index (κ3) is 3.75. The molecule has 0 aliphatic carbocycles. The number of hydrogen-bond acceptors (Lipinski definition) is 2. The molecule has 0 fully saturated rings. The van der Waals surface area contributed by atoms with Crippen LogP contribution in [0, 0.1) is 0 Å². The van der Waals surface area contributed by atoms with Crippen molar-refractivity contribution in [2.45, 2.75) is 10.2 Å². The Morgan fingerprint density at radius 3 is 2.35 bits per heavy atom. The smallest absolute Gasteiger partial charge is 0.261 e. The number of nitrogens with one attached hydrogen (secondary N) is 1. The zero-order valence-electron chi connectivity index (χ0n) is 10.1. The molecule has 7 heteroatoms. The molecule has 0 aliphatic heterocycles. The summed E-state index contributed by atoms with van der Waals surface area (Å²) in [5.74, 6) is 0. The van der Waals surface area contributed by atoms with Gasteiger partial charge in [-0.15, -0.1) is 0 Å². The van der Waals surface area contributed by atoms with Crippen molar-refractivity contribution < 1.29 is 8.42 Å². The summed E-state index contributed by atoms with van der Waals surface area (Å²) in [5.41, 5.74) is 1.34. The maximum Gasteiger partial charge on any atom is 0.261 e. The second kappa shape index (κ2) is 6.47. The second-order valence-corrected chi connectivity index (χ2v) is 7.57. The molecule has 0 amide bonds. The average Bonchev–Trinajstić information content (AvgIpc) is 2.43. The lowest BCUT2D eigenvalue weighted by atomic mass is 10.2. The maximum absolute atomic E-state index is 12.3.